The van der Waals surface area contributed by atoms with Crippen LogP contribution < -0.4 is 5.32 Å². The zero-order valence-corrected chi connectivity index (χ0v) is 14.4. The van der Waals surface area contributed by atoms with Crippen molar-refractivity contribution < 1.29 is 4.79 Å². The van der Waals surface area contributed by atoms with Crippen molar-refractivity contribution in [3.05, 3.63) is 34.9 Å². The van der Waals surface area contributed by atoms with Gasteiger partial charge in [-0.3, -0.25) is 9.69 Å². The fourth-order valence-electron chi connectivity index (χ4n) is 3.09. The van der Waals surface area contributed by atoms with Crippen LogP contribution >= 0.6 is 11.6 Å². The van der Waals surface area contributed by atoms with E-state index in [4.69, 9.17) is 11.6 Å². The van der Waals surface area contributed by atoms with Gasteiger partial charge < -0.3 is 5.32 Å². The van der Waals surface area contributed by atoms with Gasteiger partial charge in [-0.15, -0.1) is 0 Å². The molecule has 0 bridgehead atoms. The van der Waals surface area contributed by atoms with Gasteiger partial charge in [0.05, 0.1) is 0 Å². The van der Waals surface area contributed by atoms with Gasteiger partial charge in [-0.1, -0.05) is 43.1 Å². The highest BCUT2D eigenvalue weighted by Crippen LogP contribution is 2.22. The molecule has 2 rings (SSSR count). The van der Waals surface area contributed by atoms with E-state index in [0.29, 0.717) is 6.04 Å². The normalized spacial score (nSPS) is 18.1. The van der Waals surface area contributed by atoms with Crippen LogP contribution in [0, 0.1) is 5.92 Å². The van der Waals surface area contributed by atoms with Gasteiger partial charge >= 0.3 is 0 Å². The maximum atomic E-state index is 12.3. The van der Waals surface area contributed by atoms with E-state index in [-0.39, 0.29) is 11.8 Å². The first kappa shape index (κ1) is 17.3. The van der Waals surface area contributed by atoms with Crippen LogP contribution in [0.5, 0.6) is 0 Å². The molecule has 122 valence electrons. The molecule has 1 aromatic carbocycles. The van der Waals surface area contributed by atoms with Crippen LogP contribution in [0.15, 0.2) is 24.3 Å². The third kappa shape index (κ3) is 4.99. The number of hydrogen-bond donors (Lipinski definition) is 1. The van der Waals surface area contributed by atoms with Gasteiger partial charge in [-0.2, -0.15) is 0 Å². The Kier molecular flexibility index (Phi) is 6.71. The van der Waals surface area contributed by atoms with E-state index in [1.807, 2.05) is 18.2 Å². The van der Waals surface area contributed by atoms with Crippen LogP contribution in [0.1, 0.15) is 45.1 Å². The summed E-state index contributed by atoms with van der Waals surface area (Å²) in [5.41, 5.74) is 1.17. The summed E-state index contributed by atoms with van der Waals surface area (Å²) in [5.74, 6) is 0.403. The molecule has 0 radical (unpaired) electrons. The monoisotopic (exact) mass is 322 g/mol. The Balaban J connectivity index is 1.78. The molecule has 1 amide bonds. The highest BCUT2D eigenvalue weighted by atomic mass is 35.5. The molecule has 3 nitrogen and oxygen atoms in total. The molecule has 1 aliphatic rings. The third-order valence-electron chi connectivity index (χ3n) is 4.42. The number of nitrogens with one attached hydrogen (secondary N) is 1. The van der Waals surface area contributed by atoms with Crippen LogP contribution in [0.25, 0.3) is 0 Å². The quantitative estimate of drug-likeness (QED) is 0.862. The molecule has 22 heavy (non-hydrogen) atoms. The molecule has 1 atom stereocenters. The molecule has 1 fully saturated rings. The second-order valence-electron chi connectivity index (χ2n) is 6.34. The van der Waals surface area contributed by atoms with E-state index in [9.17, 15) is 4.79 Å². The highest BCUT2D eigenvalue weighted by Gasteiger charge is 2.25. The number of carbonyl (C=O) groups excluding carboxylic acids is 1. The summed E-state index contributed by atoms with van der Waals surface area (Å²) in [5, 5.41) is 3.98. The fourth-order valence-corrected chi connectivity index (χ4v) is 3.28. The number of likely N-dealkylation sites (tertiary alicyclic amines) is 1. The van der Waals surface area contributed by atoms with Gasteiger partial charge in [-0.25, -0.2) is 0 Å². The first-order chi connectivity index (χ1) is 10.6. The number of halogens is 1. The van der Waals surface area contributed by atoms with Crippen molar-refractivity contribution in [1.29, 1.82) is 0 Å². The Morgan fingerprint density at radius 2 is 2.05 bits per heavy atom. The number of piperidine rings is 1. The molecule has 0 aliphatic carbocycles. The van der Waals surface area contributed by atoms with Gasteiger partial charge in [0.25, 0.3) is 0 Å². The molecule has 1 saturated heterocycles. The van der Waals surface area contributed by atoms with Crippen molar-refractivity contribution >= 4 is 17.5 Å². The van der Waals surface area contributed by atoms with Crippen molar-refractivity contribution in [2.45, 2.75) is 52.1 Å². The molecule has 1 aromatic rings. The maximum Gasteiger partial charge on any atom is 0.223 e. The molecular formula is C18H27ClN2O. The molecule has 0 unspecified atom stereocenters. The van der Waals surface area contributed by atoms with E-state index in [2.05, 4.69) is 30.1 Å². The van der Waals surface area contributed by atoms with E-state index in [1.54, 1.807) is 0 Å². The van der Waals surface area contributed by atoms with Gasteiger partial charge in [-0.05, 0) is 50.9 Å². The largest absolute Gasteiger partial charge is 0.353 e. The Morgan fingerprint density at radius 3 is 2.68 bits per heavy atom. The molecule has 0 saturated carbocycles. The van der Waals surface area contributed by atoms with E-state index in [1.165, 1.54) is 5.56 Å². The molecule has 1 aliphatic heterocycles. The Morgan fingerprint density at radius 1 is 1.36 bits per heavy atom. The van der Waals surface area contributed by atoms with Gasteiger partial charge in [0.2, 0.25) is 5.91 Å². The lowest BCUT2D eigenvalue weighted by atomic mass is 9.95. The predicted molar refractivity (Wildman–Crippen MR) is 92.0 cm³/mol. The van der Waals surface area contributed by atoms with Crippen molar-refractivity contribution in [2.75, 3.05) is 13.1 Å². The minimum Gasteiger partial charge on any atom is -0.353 e. The second-order valence-corrected chi connectivity index (χ2v) is 6.75. The molecule has 1 heterocycles. The van der Waals surface area contributed by atoms with Crippen molar-refractivity contribution in [2.24, 2.45) is 5.92 Å². The Hall–Kier alpha value is -1.06. The zero-order chi connectivity index (χ0) is 15.9. The van der Waals surface area contributed by atoms with E-state index < -0.39 is 0 Å². The van der Waals surface area contributed by atoms with Crippen LogP contribution in [-0.4, -0.2) is 29.9 Å². The SMILES string of the molecule is CCC[C@H](C)NC(=O)C1CCN(Cc2ccccc2Cl)CC1. The summed E-state index contributed by atoms with van der Waals surface area (Å²) >= 11 is 6.22. The minimum atomic E-state index is 0.168. The molecule has 4 heteroatoms. The number of hydrogen-bond acceptors (Lipinski definition) is 2. The van der Waals surface area contributed by atoms with Crippen molar-refractivity contribution in [3.8, 4) is 0 Å². The van der Waals surface area contributed by atoms with Gasteiger partial charge in [0.15, 0.2) is 0 Å². The summed E-state index contributed by atoms with van der Waals surface area (Å²) in [7, 11) is 0. The molecule has 0 spiro atoms. The lowest BCUT2D eigenvalue weighted by Gasteiger charge is -2.32. The van der Waals surface area contributed by atoms with Crippen molar-refractivity contribution in [1.82, 2.24) is 10.2 Å². The predicted octanol–water partition coefficient (Wildman–Crippen LogP) is 3.86. The first-order valence-corrected chi connectivity index (χ1v) is 8.74. The Labute approximate surface area is 139 Å². The van der Waals surface area contributed by atoms with Crippen LogP contribution in [0.4, 0.5) is 0 Å². The molecule has 1 N–H and O–H groups in total. The standard InChI is InChI=1S/C18H27ClN2O/c1-3-6-14(2)20-18(22)15-9-11-21(12-10-15)13-16-7-4-5-8-17(16)19/h4-5,7-8,14-15H,3,6,9-13H2,1-2H3,(H,20,22)/t14-/m0/s1. The average Bonchev–Trinajstić information content (AvgIpc) is 2.50. The third-order valence-corrected chi connectivity index (χ3v) is 4.79. The first-order valence-electron chi connectivity index (χ1n) is 8.36. The number of amides is 1. The summed E-state index contributed by atoms with van der Waals surface area (Å²) in [6.45, 7) is 7.04. The lowest BCUT2D eigenvalue weighted by Crippen LogP contribution is -2.42. The fraction of sp³-hybridized carbons (Fsp3) is 0.611. The van der Waals surface area contributed by atoms with Gasteiger partial charge in [0.1, 0.15) is 0 Å². The Bertz CT molecular complexity index is 484. The number of carbonyl (C=O) groups is 1. The maximum absolute atomic E-state index is 12.3. The van der Waals surface area contributed by atoms with E-state index in [0.717, 1.165) is 50.3 Å². The topological polar surface area (TPSA) is 32.3 Å². The zero-order valence-electron chi connectivity index (χ0n) is 13.6. The van der Waals surface area contributed by atoms with Crippen LogP contribution in [-0.2, 0) is 11.3 Å². The minimum absolute atomic E-state index is 0.168. The average molecular weight is 323 g/mol. The second kappa shape index (κ2) is 8.54. The van der Waals surface area contributed by atoms with Crippen molar-refractivity contribution in [3.63, 3.8) is 0 Å². The van der Waals surface area contributed by atoms with Gasteiger partial charge in [0, 0.05) is 23.5 Å². The summed E-state index contributed by atoms with van der Waals surface area (Å²) in [6, 6.07) is 8.29. The smallest absolute Gasteiger partial charge is 0.223 e. The summed E-state index contributed by atoms with van der Waals surface area (Å²) in [6.07, 6.45) is 4.04. The number of rotatable bonds is 6. The number of nitrogens with zero attached hydrogens (tertiary/aromatic N) is 1. The lowest BCUT2D eigenvalue weighted by molar-refractivity contribution is -0.127. The summed E-state index contributed by atoms with van der Waals surface area (Å²) in [4.78, 5) is 14.6. The summed E-state index contributed by atoms with van der Waals surface area (Å²) < 4.78 is 0. The molecule has 0 aromatic heterocycles. The van der Waals surface area contributed by atoms with Crippen LogP contribution in [0.2, 0.25) is 5.02 Å². The number of benzene rings is 1. The highest BCUT2D eigenvalue weighted by molar-refractivity contribution is 6.31. The molecular weight excluding hydrogens is 296 g/mol. The van der Waals surface area contributed by atoms with Crippen LogP contribution in [0.3, 0.4) is 0 Å². The van der Waals surface area contributed by atoms with E-state index >= 15 is 0 Å².